The molecule has 0 aliphatic rings. The molecule has 0 fully saturated rings. The second kappa shape index (κ2) is 5.48. The predicted molar refractivity (Wildman–Crippen MR) is 69.5 cm³/mol. The van der Waals surface area contributed by atoms with Crippen molar-refractivity contribution in [2.75, 3.05) is 0 Å². The van der Waals surface area contributed by atoms with Crippen LogP contribution in [0.15, 0.2) is 48.5 Å². The van der Waals surface area contributed by atoms with Crippen molar-refractivity contribution in [1.29, 1.82) is 0 Å². The van der Waals surface area contributed by atoms with E-state index < -0.39 is 6.10 Å². The summed E-state index contributed by atoms with van der Waals surface area (Å²) in [4.78, 5) is 0. The molecule has 0 unspecified atom stereocenters. The van der Waals surface area contributed by atoms with Gasteiger partial charge in [-0.25, -0.2) is 4.39 Å². The summed E-state index contributed by atoms with van der Waals surface area (Å²) in [6, 6.07) is 13.5. The van der Waals surface area contributed by atoms with E-state index >= 15 is 0 Å². The molecule has 0 aromatic heterocycles. The molecule has 2 aromatic rings. The molecule has 0 saturated carbocycles. The Kier molecular flexibility index (Phi) is 3.76. The Morgan fingerprint density at radius 1 is 0.889 bits per heavy atom. The Morgan fingerprint density at radius 3 is 1.78 bits per heavy atom. The van der Waals surface area contributed by atoms with Gasteiger partial charge in [0.25, 0.3) is 0 Å². The number of halogens is 1. The van der Waals surface area contributed by atoms with Crippen LogP contribution in [0.3, 0.4) is 0 Å². The number of hydrogen-bond donors (Lipinski definition) is 1. The largest absolute Gasteiger partial charge is 0.389 e. The summed E-state index contributed by atoms with van der Waals surface area (Å²) in [6.07, 6.45) is -0.468. The van der Waals surface area contributed by atoms with Crippen LogP contribution in [0.2, 0.25) is 0 Å². The van der Waals surface area contributed by atoms with Crippen LogP contribution in [0.4, 0.5) is 4.39 Å². The molecule has 0 bridgehead atoms. The van der Waals surface area contributed by atoms with Crippen LogP contribution in [0, 0.1) is 17.7 Å². The molecule has 0 saturated heterocycles. The molecule has 0 radical (unpaired) electrons. The predicted octanol–water partition coefficient (Wildman–Crippen LogP) is 3.28. The van der Waals surface area contributed by atoms with Crippen LogP contribution in [0.1, 0.15) is 29.7 Å². The SMILES string of the molecule is C[C@H](O)c1ccc(C#Cc2ccc(F)cc2)cc1. The minimum Gasteiger partial charge on any atom is -0.389 e. The van der Waals surface area contributed by atoms with E-state index in [0.717, 1.165) is 16.7 Å². The fourth-order valence-corrected chi connectivity index (χ4v) is 1.52. The van der Waals surface area contributed by atoms with Gasteiger partial charge in [-0.3, -0.25) is 0 Å². The van der Waals surface area contributed by atoms with Gasteiger partial charge in [0.15, 0.2) is 0 Å². The number of aliphatic hydroxyl groups is 1. The second-order valence-corrected chi connectivity index (χ2v) is 4.05. The topological polar surface area (TPSA) is 20.2 Å². The molecule has 0 amide bonds. The zero-order valence-electron chi connectivity index (χ0n) is 10.0. The Bertz CT molecular complexity index is 571. The summed E-state index contributed by atoms with van der Waals surface area (Å²) in [5.41, 5.74) is 2.50. The van der Waals surface area contributed by atoms with Crippen molar-refractivity contribution >= 4 is 0 Å². The molecule has 0 aliphatic carbocycles. The van der Waals surface area contributed by atoms with Gasteiger partial charge in [-0.05, 0) is 48.9 Å². The molecule has 0 spiro atoms. The van der Waals surface area contributed by atoms with Gasteiger partial charge in [-0.2, -0.15) is 0 Å². The normalized spacial score (nSPS) is 11.5. The van der Waals surface area contributed by atoms with Crippen LogP contribution in [-0.4, -0.2) is 5.11 Å². The highest BCUT2D eigenvalue weighted by Crippen LogP contribution is 2.12. The van der Waals surface area contributed by atoms with E-state index in [1.165, 1.54) is 12.1 Å². The van der Waals surface area contributed by atoms with Crippen molar-refractivity contribution in [1.82, 2.24) is 0 Å². The van der Waals surface area contributed by atoms with Crippen molar-refractivity contribution in [3.05, 3.63) is 71.0 Å². The van der Waals surface area contributed by atoms with E-state index in [2.05, 4.69) is 11.8 Å². The fraction of sp³-hybridized carbons (Fsp3) is 0.125. The number of hydrogen-bond acceptors (Lipinski definition) is 1. The lowest BCUT2D eigenvalue weighted by molar-refractivity contribution is 0.199. The molecule has 18 heavy (non-hydrogen) atoms. The lowest BCUT2D eigenvalue weighted by Gasteiger charge is -2.02. The third-order valence-electron chi connectivity index (χ3n) is 2.59. The van der Waals surface area contributed by atoms with Crippen molar-refractivity contribution < 1.29 is 9.50 Å². The van der Waals surface area contributed by atoms with Gasteiger partial charge in [0.05, 0.1) is 6.10 Å². The molecular weight excluding hydrogens is 227 g/mol. The smallest absolute Gasteiger partial charge is 0.123 e. The van der Waals surface area contributed by atoms with E-state index in [1.54, 1.807) is 19.1 Å². The van der Waals surface area contributed by atoms with Crippen molar-refractivity contribution in [2.45, 2.75) is 13.0 Å². The van der Waals surface area contributed by atoms with Gasteiger partial charge < -0.3 is 5.11 Å². The Labute approximate surface area is 106 Å². The second-order valence-electron chi connectivity index (χ2n) is 4.05. The third kappa shape index (κ3) is 3.19. The van der Waals surface area contributed by atoms with E-state index in [0.29, 0.717) is 0 Å². The van der Waals surface area contributed by atoms with E-state index in [9.17, 15) is 9.50 Å². The molecule has 1 nitrogen and oxygen atoms in total. The molecule has 2 heteroatoms. The average Bonchev–Trinajstić information content (AvgIpc) is 2.38. The highest BCUT2D eigenvalue weighted by atomic mass is 19.1. The maximum Gasteiger partial charge on any atom is 0.123 e. The first-order valence-corrected chi connectivity index (χ1v) is 5.71. The molecule has 90 valence electrons. The molecule has 0 aliphatic heterocycles. The van der Waals surface area contributed by atoms with Gasteiger partial charge in [-0.1, -0.05) is 24.0 Å². The fourth-order valence-electron chi connectivity index (χ4n) is 1.52. The number of benzene rings is 2. The highest BCUT2D eigenvalue weighted by Gasteiger charge is 1.98. The first-order chi connectivity index (χ1) is 8.65. The Hall–Kier alpha value is -2.11. The summed E-state index contributed by atoms with van der Waals surface area (Å²) >= 11 is 0. The molecule has 0 heterocycles. The highest BCUT2D eigenvalue weighted by molar-refractivity contribution is 5.43. The summed E-state index contributed by atoms with van der Waals surface area (Å²) in [6.45, 7) is 1.72. The molecule has 1 atom stereocenters. The summed E-state index contributed by atoms with van der Waals surface area (Å²) in [5.74, 6) is 5.69. The lowest BCUT2D eigenvalue weighted by Crippen LogP contribution is -1.89. The number of aliphatic hydroxyl groups excluding tert-OH is 1. The van der Waals surface area contributed by atoms with Crippen LogP contribution >= 0.6 is 0 Å². The lowest BCUT2D eigenvalue weighted by atomic mass is 10.1. The molecule has 1 N–H and O–H groups in total. The first kappa shape index (κ1) is 12.3. The van der Waals surface area contributed by atoms with Crippen LogP contribution in [-0.2, 0) is 0 Å². The van der Waals surface area contributed by atoms with E-state index in [-0.39, 0.29) is 5.82 Å². The summed E-state index contributed by atoms with van der Waals surface area (Å²) in [7, 11) is 0. The Balaban J connectivity index is 2.17. The van der Waals surface area contributed by atoms with Gasteiger partial charge >= 0.3 is 0 Å². The minimum atomic E-state index is -0.468. The van der Waals surface area contributed by atoms with Crippen LogP contribution in [0.5, 0.6) is 0 Å². The van der Waals surface area contributed by atoms with Gasteiger partial charge in [0.1, 0.15) is 5.82 Å². The Morgan fingerprint density at radius 2 is 1.33 bits per heavy atom. The summed E-state index contributed by atoms with van der Waals surface area (Å²) in [5, 5.41) is 9.38. The number of rotatable bonds is 1. The maximum absolute atomic E-state index is 12.7. The van der Waals surface area contributed by atoms with E-state index in [4.69, 9.17) is 0 Å². The molecule has 2 aromatic carbocycles. The molecular formula is C16H13FO. The average molecular weight is 240 g/mol. The minimum absolute atomic E-state index is 0.262. The maximum atomic E-state index is 12.7. The van der Waals surface area contributed by atoms with Gasteiger partial charge in [0, 0.05) is 11.1 Å². The van der Waals surface area contributed by atoms with Gasteiger partial charge in [-0.15, -0.1) is 0 Å². The van der Waals surface area contributed by atoms with E-state index in [1.807, 2.05) is 24.3 Å². The van der Waals surface area contributed by atoms with Crippen molar-refractivity contribution in [2.24, 2.45) is 0 Å². The first-order valence-electron chi connectivity index (χ1n) is 5.71. The quantitative estimate of drug-likeness (QED) is 0.758. The monoisotopic (exact) mass is 240 g/mol. The third-order valence-corrected chi connectivity index (χ3v) is 2.59. The zero-order chi connectivity index (χ0) is 13.0. The standard InChI is InChI=1S/C16H13FO/c1-12(18)15-8-4-13(5-9-15)2-3-14-6-10-16(17)11-7-14/h4-12,18H,1H3/t12-/m0/s1. The molecule has 2 rings (SSSR count). The summed E-state index contributed by atoms with van der Waals surface area (Å²) < 4.78 is 12.7. The van der Waals surface area contributed by atoms with Gasteiger partial charge in [0.2, 0.25) is 0 Å². The zero-order valence-corrected chi connectivity index (χ0v) is 10.0. The van der Waals surface area contributed by atoms with Crippen molar-refractivity contribution in [3.8, 4) is 11.8 Å². The van der Waals surface area contributed by atoms with Crippen molar-refractivity contribution in [3.63, 3.8) is 0 Å². The van der Waals surface area contributed by atoms with Crippen LogP contribution in [0.25, 0.3) is 0 Å². The van der Waals surface area contributed by atoms with Crippen LogP contribution < -0.4 is 0 Å².